The van der Waals surface area contributed by atoms with Crippen LogP contribution in [0.1, 0.15) is 106 Å². The van der Waals surface area contributed by atoms with Crippen LogP contribution < -0.4 is 0 Å². The zero-order chi connectivity index (χ0) is 16.9. The molecule has 0 spiro atoms. The summed E-state index contributed by atoms with van der Waals surface area (Å²) >= 11 is 0. The van der Waals surface area contributed by atoms with Crippen molar-refractivity contribution in [2.45, 2.75) is 117 Å². The van der Waals surface area contributed by atoms with Gasteiger partial charge in [-0.05, 0) is 54.4 Å². The molecule has 0 aliphatic carbocycles. The summed E-state index contributed by atoms with van der Waals surface area (Å²) in [4.78, 5) is 0. The fourth-order valence-electron chi connectivity index (χ4n) is 2.38. The number of unbranched alkanes of at least 4 members (excludes halogenated alkanes) is 9. The van der Waals surface area contributed by atoms with Gasteiger partial charge >= 0.3 is 0 Å². The number of ether oxygens (including phenoxy) is 2. The van der Waals surface area contributed by atoms with Gasteiger partial charge in [-0.25, -0.2) is 0 Å². The van der Waals surface area contributed by atoms with Gasteiger partial charge in [0.1, 0.15) is 0 Å². The second kappa shape index (κ2) is 12.4. The first-order valence-corrected chi connectivity index (χ1v) is 9.49. The summed E-state index contributed by atoms with van der Waals surface area (Å²) in [6, 6.07) is 0. The van der Waals surface area contributed by atoms with Crippen LogP contribution in [0, 0.1) is 0 Å². The van der Waals surface area contributed by atoms with Crippen LogP contribution in [0.5, 0.6) is 0 Å². The van der Waals surface area contributed by atoms with Gasteiger partial charge < -0.3 is 9.47 Å². The fraction of sp³-hybridized carbons (Fsp3) is 1.00. The lowest BCUT2D eigenvalue weighted by Crippen LogP contribution is -2.19. The topological polar surface area (TPSA) is 18.5 Å². The highest BCUT2D eigenvalue weighted by Crippen LogP contribution is 2.13. The maximum absolute atomic E-state index is 5.73. The van der Waals surface area contributed by atoms with Crippen molar-refractivity contribution >= 4 is 0 Å². The van der Waals surface area contributed by atoms with Gasteiger partial charge in [0.2, 0.25) is 0 Å². The summed E-state index contributed by atoms with van der Waals surface area (Å²) in [7, 11) is 0. The highest BCUT2D eigenvalue weighted by Gasteiger charge is 2.09. The van der Waals surface area contributed by atoms with Crippen molar-refractivity contribution in [3.05, 3.63) is 0 Å². The molecule has 0 rings (SSSR count). The molecule has 0 radical (unpaired) electrons. The smallest absolute Gasteiger partial charge is 0.0598 e. The van der Waals surface area contributed by atoms with Crippen LogP contribution in [0.15, 0.2) is 0 Å². The van der Waals surface area contributed by atoms with Crippen molar-refractivity contribution < 1.29 is 9.47 Å². The molecule has 0 unspecified atom stereocenters. The first-order valence-electron chi connectivity index (χ1n) is 9.49. The van der Waals surface area contributed by atoms with E-state index in [0.29, 0.717) is 0 Å². The number of rotatable bonds is 13. The number of hydrogen-bond acceptors (Lipinski definition) is 2. The molecule has 22 heavy (non-hydrogen) atoms. The monoisotopic (exact) mass is 314 g/mol. The molecule has 2 nitrogen and oxygen atoms in total. The third-order valence-electron chi connectivity index (χ3n) is 3.61. The molecular weight excluding hydrogens is 272 g/mol. The average molecular weight is 315 g/mol. The normalized spacial score (nSPS) is 12.8. The Kier molecular flexibility index (Phi) is 12.3. The van der Waals surface area contributed by atoms with E-state index in [0.717, 1.165) is 13.2 Å². The van der Waals surface area contributed by atoms with Crippen LogP contribution in [-0.2, 0) is 9.47 Å². The van der Waals surface area contributed by atoms with E-state index in [9.17, 15) is 0 Å². The molecule has 0 aromatic carbocycles. The Hall–Kier alpha value is -0.0800. The second-order valence-corrected chi connectivity index (χ2v) is 8.46. The Morgan fingerprint density at radius 1 is 0.409 bits per heavy atom. The zero-order valence-electron chi connectivity index (χ0n) is 16.3. The standard InChI is InChI=1S/C20H42O2/c1-19(2,3)21-17-15-13-11-9-7-8-10-12-14-16-18-22-20(4,5)6/h7-18H2,1-6H3. The second-order valence-electron chi connectivity index (χ2n) is 8.46. The van der Waals surface area contributed by atoms with Gasteiger partial charge in [0.15, 0.2) is 0 Å². The molecule has 0 aliphatic rings. The summed E-state index contributed by atoms with van der Waals surface area (Å²) in [6.45, 7) is 14.6. The van der Waals surface area contributed by atoms with E-state index >= 15 is 0 Å². The lowest BCUT2D eigenvalue weighted by molar-refractivity contribution is -0.00518. The number of hydrogen-bond donors (Lipinski definition) is 0. The highest BCUT2D eigenvalue weighted by atomic mass is 16.5. The molecule has 0 N–H and O–H groups in total. The minimum Gasteiger partial charge on any atom is -0.376 e. The van der Waals surface area contributed by atoms with E-state index in [2.05, 4.69) is 41.5 Å². The van der Waals surface area contributed by atoms with Crippen LogP contribution in [0.25, 0.3) is 0 Å². The summed E-state index contributed by atoms with van der Waals surface area (Å²) in [6.07, 6.45) is 13.4. The molecule has 0 saturated carbocycles. The van der Waals surface area contributed by atoms with Gasteiger partial charge in [-0.3, -0.25) is 0 Å². The Balaban J connectivity index is 3.09. The summed E-state index contributed by atoms with van der Waals surface area (Å²) in [5.41, 5.74) is 0.0514. The SMILES string of the molecule is CC(C)(C)OCCCCCCCCCCCCOC(C)(C)C. The van der Waals surface area contributed by atoms with Gasteiger partial charge in [-0.15, -0.1) is 0 Å². The first-order chi connectivity index (χ1) is 10.2. The maximum atomic E-state index is 5.73. The molecule has 0 amide bonds. The Bertz CT molecular complexity index is 209. The first kappa shape index (κ1) is 21.9. The minimum absolute atomic E-state index is 0.0257. The molecule has 0 saturated heterocycles. The predicted molar refractivity (Wildman–Crippen MR) is 97.6 cm³/mol. The van der Waals surface area contributed by atoms with E-state index in [1.165, 1.54) is 64.2 Å². The fourth-order valence-corrected chi connectivity index (χ4v) is 2.38. The van der Waals surface area contributed by atoms with E-state index in [1.807, 2.05) is 0 Å². The maximum Gasteiger partial charge on any atom is 0.0598 e. The summed E-state index contributed by atoms with van der Waals surface area (Å²) in [5.74, 6) is 0. The zero-order valence-corrected chi connectivity index (χ0v) is 16.3. The van der Waals surface area contributed by atoms with Gasteiger partial charge in [0.05, 0.1) is 11.2 Å². The molecule has 0 aliphatic heterocycles. The molecule has 2 heteroatoms. The van der Waals surface area contributed by atoms with E-state index in [4.69, 9.17) is 9.47 Å². The average Bonchev–Trinajstić information content (AvgIpc) is 2.36. The van der Waals surface area contributed by atoms with E-state index in [-0.39, 0.29) is 11.2 Å². The highest BCUT2D eigenvalue weighted by molar-refractivity contribution is 4.59. The molecule has 0 fully saturated rings. The van der Waals surface area contributed by atoms with Crippen molar-refractivity contribution in [1.82, 2.24) is 0 Å². The van der Waals surface area contributed by atoms with Crippen molar-refractivity contribution in [3.8, 4) is 0 Å². The van der Waals surface area contributed by atoms with Crippen LogP contribution in [-0.4, -0.2) is 24.4 Å². The quantitative estimate of drug-likeness (QED) is 0.360. The Labute approximate surface area is 140 Å². The molecule has 0 aromatic heterocycles. The lowest BCUT2D eigenvalue weighted by Gasteiger charge is -2.19. The molecule has 134 valence electrons. The van der Waals surface area contributed by atoms with Gasteiger partial charge in [0.25, 0.3) is 0 Å². The van der Waals surface area contributed by atoms with Gasteiger partial charge in [-0.1, -0.05) is 51.4 Å². The lowest BCUT2D eigenvalue weighted by atomic mass is 10.1. The van der Waals surface area contributed by atoms with Gasteiger partial charge in [0, 0.05) is 13.2 Å². The Morgan fingerprint density at radius 3 is 0.864 bits per heavy atom. The molecule has 0 heterocycles. The molecular formula is C20H42O2. The van der Waals surface area contributed by atoms with Crippen molar-refractivity contribution in [3.63, 3.8) is 0 Å². The molecule has 0 bridgehead atoms. The summed E-state index contributed by atoms with van der Waals surface area (Å²) < 4.78 is 11.5. The third-order valence-corrected chi connectivity index (χ3v) is 3.61. The van der Waals surface area contributed by atoms with Crippen LogP contribution in [0.3, 0.4) is 0 Å². The van der Waals surface area contributed by atoms with Gasteiger partial charge in [-0.2, -0.15) is 0 Å². The van der Waals surface area contributed by atoms with Crippen LogP contribution >= 0.6 is 0 Å². The van der Waals surface area contributed by atoms with Crippen molar-refractivity contribution in [2.75, 3.05) is 13.2 Å². The predicted octanol–water partition coefficient (Wildman–Crippen LogP) is 6.52. The van der Waals surface area contributed by atoms with Crippen molar-refractivity contribution in [2.24, 2.45) is 0 Å². The van der Waals surface area contributed by atoms with E-state index in [1.54, 1.807) is 0 Å². The largest absolute Gasteiger partial charge is 0.376 e. The van der Waals surface area contributed by atoms with Crippen LogP contribution in [0.2, 0.25) is 0 Å². The van der Waals surface area contributed by atoms with Crippen molar-refractivity contribution in [1.29, 1.82) is 0 Å². The Morgan fingerprint density at radius 2 is 0.636 bits per heavy atom. The summed E-state index contributed by atoms with van der Waals surface area (Å²) in [5, 5.41) is 0. The molecule has 0 aromatic rings. The minimum atomic E-state index is 0.0257. The van der Waals surface area contributed by atoms with Crippen LogP contribution in [0.4, 0.5) is 0 Å². The molecule has 0 atom stereocenters. The van der Waals surface area contributed by atoms with E-state index < -0.39 is 0 Å². The third kappa shape index (κ3) is 19.9.